The van der Waals surface area contributed by atoms with Gasteiger partial charge in [0.1, 0.15) is 11.6 Å². The summed E-state index contributed by atoms with van der Waals surface area (Å²) in [4.78, 5) is 4.37. The zero-order valence-corrected chi connectivity index (χ0v) is 10.2. The number of aromatic nitrogens is 2. The van der Waals surface area contributed by atoms with Crippen LogP contribution < -0.4 is 10.5 Å². The molecule has 1 heterocycles. The van der Waals surface area contributed by atoms with Crippen molar-refractivity contribution in [1.29, 1.82) is 0 Å². The molecule has 2 aromatic rings. The lowest BCUT2D eigenvalue weighted by molar-refractivity contribution is 0.340. The highest BCUT2D eigenvalue weighted by molar-refractivity contribution is 5.38. The van der Waals surface area contributed by atoms with Crippen LogP contribution in [0, 0.1) is 6.92 Å². The first-order valence-electron chi connectivity index (χ1n) is 5.72. The van der Waals surface area contributed by atoms with E-state index in [4.69, 9.17) is 10.5 Å². The first-order chi connectivity index (χ1) is 8.24. The second kappa shape index (κ2) is 5.01. The number of hydrogen-bond acceptors (Lipinski definition) is 3. The van der Waals surface area contributed by atoms with Crippen molar-refractivity contribution in [2.75, 3.05) is 6.61 Å². The maximum Gasteiger partial charge on any atom is 0.119 e. The van der Waals surface area contributed by atoms with E-state index in [1.165, 1.54) is 0 Å². The van der Waals surface area contributed by atoms with Crippen molar-refractivity contribution in [3.8, 4) is 11.4 Å². The topological polar surface area (TPSA) is 53.1 Å². The van der Waals surface area contributed by atoms with Gasteiger partial charge >= 0.3 is 0 Å². The molecule has 0 aliphatic rings. The monoisotopic (exact) mass is 231 g/mol. The van der Waals surface area contributed by atoms with Crippen LogP contribution in [0.5, 0.6) is 5.75 Å². The molecular weight excluding hydrogens is 214 g/mol. The molecule has 0 aliphatic carbocycles. The minimum Gasteiger partial charge on any atom is -0.494 e. The molecule has 0 radical (unpaired) electrons. The van der Waals surface area contributed by atoms with Crippen molar-refractivity contribution >= 4 is 0 Å². The quantitative estimate of drug-likeness (QED) is 0.876. The smallest absolute Gasteiger partial charge is 0.119 e. The Hall–Kier alpha value is -1.81. The lowest BCUT2D eigenvalue weighted by Gasteiger charge is -2.06. The highest BCUT2D eigenvalue weighted by Crippen LogP contribution is 2.17. The predicted octanol–water partition coefficient (Wildman–Crippen LogP) is 2.04. The van der Waals surface area contributed by atoms with E-state index >= 15 is 0 Å². The average Bonchev–Trinajstić information content (AvgIpc) is 2.72. The largest absolute Gasteiger partial charge is 0.494 e. The number of nitrogens with zero attached hydrogens (tertiary/aromatic N) is 2. The summed E-state index contributed by atoms with van der Waals surface area (Å²) in [5.41, 5.74) is 7.55. The van der Waals surface area contributed by atoms with E-state index < -0.39 is 0 Å². The number of aryl methyl sites for hydroxylation is 1. The third-order valence-corrected chi connectivity index (χ3v) is 2.57. The molecule has 0 spiro atoms. The Balaban J connectivity index is 2.29. The van der Waals surface area contributed by atoms with Gasteiger partial charge in [0.2, 0.25) is 0 Å². The van der Waals surface area contributed by atoms with E-state index in [-0.39, 0.29) is 0 Å². The molecule has 4 heteroatoms. The number of imidazole rings is 1. The Morgan fingerprint density at radius 2 is 2.00 bits per heavy atom. The lowest BCUT2D eigenvalue weighted by Crippen LogP contribution is -1.96. The fraction of sp³-hybridized carbons (Fsp3) is 0.308. The predicted molar refractivity (Wildman–Crippen MR) is 67.4 cm³/mol. The molecule has 0 fully saturated rings. The molecule has 1 aromatic heterocycles. The van der Waals surface area contributed by atoms with Crippen molar-refractivity contribution in [3.05, 3.63) is 42.0 Å². The van der Waals surface area contributed by atoms with Gasteiger partial charge in [-0.15, -0.1) is 0 Å². The van der Waals surface area contributed by atoms with Gasteiger partial charge in [0.25, 0.3) is 0 Å². The molecule has 4 nitrogen and oxygen atoms in total. The molecule has 0 unspecified atom stereocenters. The van der Waals surface area contributed by atoms with Crippen LogP contribution in [0.2, 0.25) is 0 Å². The van der Waals surface area contributed by atoms with E-state index in [0.29, 0.717) is 13.2 Å². The van der Waals surface area contributed by atoms with E-state index in [2.05, 4.69) is 4.98 Å². The number of benzene rings is 1. The van der Waals surface area contributed by atoms with Crippen LogP contribution in [-0.4, -0.2) is 16.2 Å². The van der Waals surface area contributed by atoms with Gasteiger partial charge in [0.15, 0.2) is 0 Å². The van der Waals surface area contributed by atoms with Crippen molar-refractivity contribution in [3.63, 3.8) is 0 Å². The van der Waals surface area contributed by atoms with E-state index in [1.54, 1.807) is 0 Å². The highest BCUT2D eigenvalue weighted by atomic mass is 16.5. The zero-order chi connectivity index (χ0) is 12.3. The molecule has 0 saturated heterocycles. The van der Waals surface area contributed by atoms with Gasteiger partial charge in [-0.2, -0.15) is 0 Å². The number of ether oxygens (including phenoxy) is 1. The SMILES string of the molecule is CCOc1ccc(-n2cc(CN)nc2C)cc1. The third-order valence-electron chi connectivity index (χ3n) is 2.57. The summed E-state index contributed by atoms with van der Waals surface area (Å²) in [5.74, 6) is 1.82. The van der Waals surface area contributed by atoms with Crippen molar-refractivity contribution in [1.82, 2.24) is 9.55 Å². The van der Waals surface area contributed by atoms with E-state index in [0.717, 1.165) is 23.0 Å². The second-order valence-corrected chi connectivity index (χ2v) is 3.78. The van der Waals surface area contributed by atoms with Crippen LogP contribution >= 0.6 is 0 Å². The van der Waals surface area contributed by atoms with Gasteiger partial charge in [-0.3, -0.25) is 0 Å². The van der Waals surface area contributed by atoms with Crippen molar-refractivity contribution in [2.45, 2.75) is 20.4 Å². The van der Waals surface area contributed by atoms with E-state index in [9.17, 15) is 0 Å². The zero-order valence-electron chi connectivity index (χ0n) is 10.2. The first kappa shape index (κ1) is 11.7. The Morgan fingerprint density at radius 1 is 1.29 bits per heavy atom. The van der Waals surface area contributed by atoms with Crippen molar-refractivity contribution in [2.24, 2.45) is 5.73 Å². The van der Waals surface area contributed by atoms with E-state index in [1.807, 2.05) is 48.9 Å². The minimum atomic E-state index is 0.463. The molecule has 0 saturated carbocycles. The summed E-state index contributed by atoms with van der Waals surface area (Å²) < 4.78 is 7.43. The molecule has 0 atom stereocenters. The van der Waals surface area contributed by atoms with Gasteiger partial charge in [-0.1, -0.05) is 0 Å². The fourth-order valence-electron chi connectivity index (χ4n) is 1.76. The molecule has 1 aromatic carbocycles. The summed E-state index contributed by atoms with van der Waals surface area (Å²) >= 11 is 0. The first-order valence-corrected chi connectivity index (χ1v) is 5.72. The van der Waals surface area contributed by atoms with Gasteiger partial charge < -0.3 is 15.0 Å². The Labute approximate surface area is 101 Å². The summed E-state index contributed by atoms with van der Waals surface area (Å²) in [6, 6.07) is 7.95. The van der Waals surface area contributed by atoms with Crippen LogP contribution in [-0.2, 0) is 6.54 Å². The number of rotatable bonds is 4. The molecular formula is C13H17N3O. The molecule has 2 rings (SSSR count). The van der Waals surface area contributed by atoms with Crippen LogP contribution in [0.3, 0.4) is 0 Å². The van der Waals surface area contributed by atoms with Crippen LogP contribution in [0.15, 0.2) is 30.5 Å². The molecule has 17 heavy (non-hydrogen) atoms. The molecule has 90 valence electrons. The number of nitrogens with two attached hydrogens (primary N) is 1. The summed E-state index contributed by atoms with van der Waals surface area (Å²) in [6.45, 7) is 5.09. The van der Waals surface area contributed by atoms with Gasteiger partial charge in [-0.25, -0.2) is 4.98 Å². The average molecular weight is 231 g/mol. The summed E-state index contributed by atoms with van der Waals surface area (Å²) in [5, 5.41) is 0. The number of hydrogen-bond donors (Lipinski definition) is 1. The molecule has 0 amide bonds. The Bertz CT molecular complexity index is 488. The lowest BCUT2D eigenvalue weighted by atomic mass is 10.3. The van der Waals surface area contributed by atoms with Crippen LogP contribution in [0.4, 0.5) is 0 Å². The second-order valence-electron chi connectivity index (χ2n) is 3.78. The minimum absolute atomic E-state index is 0.463. The molecule has 0 bridgehead atoms. The van der Waals surface area contributed by atoms with Gasteiger partial charge in [0, 0.05) is 18.4 Å². The molecule has 0 aliphatic heterocycles. The van der Waals surface area contributed by atoms with Crippen LogP contribution in [0.25, 0.3) is 5.69 Å². The van der Waals surface area contributed by atoms with Crippen LogP contribution in [0.1, 0.15) is 18.4 Å². The highest BCUT2D eigenvalue weighted by Gasteiger charge is 2.04. The van der Waals surface area contributed by atoms with Crippen molar-refractivity contribution < 1.29 is 4.74 Å². The standard InChI is InChI=1S/C13H17N3O/c1-3-17-13-6-4-12(5-7-13)16-9-11(8-14)15-10(16)2/h4-7,9H,3,8,14H2,1-2H3. The van der Waals surface area contributed by atoms with Gasteiger partial charge in [0.05, 0.1) is 12.3 Å². The summed E-state index contributed by atoms with van der Waals surface area (Å²) in [7, 11) is 0. The maximum atomic E-state index is 5.58. The fourth-order valence-corrected chi connectivity index (χ4v) is 1.76. The third kappa shape index (κ3) is 2.47. The maximum absolute atomic E-state index is 5.58. The molecule has 2 N–H and O–H groups in total. The summed E-state index contributed by atoms with van der Waals surface area (Å²) in [6.07, 6.45) is 1.96. The Kier molecular flexibility index (Phi) is 3.44. The Morgan fingerprint density at radius 3 is 2.53 bits per heavy atom. The normalized spacial score (nSPS) is 10.5. The van der Waals surface area contributed by atoms with Gasteiger partial charge in [-0.05, 0) is 38.1 Å².